The first-order valence-corrected chi connectivity index (χ1v) is 3.33. The number of carbonyl (C=O) groups is 1. The van der Waals surface area contributed by atoms with Crippen LogP contribution in [0.3, 0.4) is 0 Å². The molecule has 1 saturated carbocycles. The molecule has 0 saturated heterocycles. The smallest absolute Gasteiger partial charge is 0.409 e. The van der Waals surface area contributed by atoms with Gasteiger partial charge in [0.05, 0.1) is 6.61 Å². The summed E-state index contributed by atoms with van der Waals surface area (Å²) in [6.45, 7) is 2.05. The van der Waals surface area contributed by atoms with Crippen molar-refractivity contribution in [3.05, 3.63) is 0 Å². The van der Waals surface area contributed by atoms with Gasteiger partial charge in [0.15, 0.2) is 0 Å². The zero-order chi connectivity index (χ0) is 7.61. The van der Waals surface area contributed by atoms with Gasteiger partial charge in [0.1, 0.15) is 5.72 Å². The molecule has 4 heteroatoms. The first kappa shape index (κ1) is 7.34. The van der Waals surface area contributed by atoms with Crippen LogP contribution in [0, 0.1) is 0 Å². The first-order chi connectivity index (χ1) is 4.66. The molecule has 0 aromatic rings. The summed E-state index contributed by atoms with van der Waals surface area (Å²) in [6.07, 6.45) is 0.722. The molecule has 0 aliphatic heterocycles. The highest BCUT2D eigenvalue weighted by molar-refractivity contribution is 5.68. The lowest BCUT2D eigenvalue weighted by atomic mass is 10.6. The average Bonchev–Trinajstić information content (AvgIpc) is 2.48. The molecule has 0 radical (unpaired) electrons. The van der Waals surface area contributed by atoms with E-state index in [9.17, 15) is 4.79 Å². The summed E-state index contributed by atoms with van der Waals surface area (Å²) in [7, 11) is 0. The quantitative estimate of drug-likeness (QED) is 0.546. The van der Waals surface area contributed by atoms with Gasteiger partial charge in [0.25, 0.3) is 0 Å². The lowest BCUT2D eigenvalue weighted by molar-refractivity contribution is 0.0868. The van der Waals surface area contributed by atoms with Gasteiger partial charge in [-0.1, -0.05) is 0 Å². The molecular formula is C6H11NO3. The zero-order valence-corrected chi connectivity index (χ0v) is 5.89. The van der Waals surface area contributed by atoms with Gasteiger partial charge < -0.3 is 9.84 Å². The summed E-state index contributed by atoms with van der Waals surface area (Å²) >= 11 is 0. The number of ether oxygens (including phenoxy) is 1. The number of hydrogen-bond acceptors (Lipinski definition) is 3. The summed E-state index contributed by atoms with van der Waals surface area (Å²) in [5.41, 5.74) is -0.952. The minimum atomic E-state index is -0.952. The fraction of sp³-hybridized carbons (Fsp3) is 0.833. The molecule has 0 atom stereocenters. The Morgan fingerprint density at radius 3 is 2.80 bits per heavy atom. The molecule has 0 heterocycles. The summed E-state index contributed by atoms with van der Waals surface area (Å²) in [6, 6.07) is 0. The number of rotatable bonds is 2. The van der Waals surface area contributed by atoms with Crippen LogP contribution in [0.5, 0.6) is 0 Å². The maximum Gasteiger partial charge on any atom is 0.409 e. The van der Waals surface area contributed by atoms with Crippen LogP contribution < -0.4 is 5.32 Å². The monoisotopic (exact) mass is 145 g/mol. The third kappa shape index (κ3) is 1.88. The third-order valence-corrected chi connectivity index (χ3v) is 1.33. The third-order valence-electron chi connectivity index (χ3n) is 1.33. The Labute approximate surface area is 59.2 Å². The molecular weight excluding hydrogens is 134 g/mol. The van der Waals surface area contributed by atoms with Crippen molar-refractivity contribution in [2.45, 2.75) is 25.5 Å². The lowest BCUT2D eigenvalue weighted by Gasteiger charge is -2.08. The first-order valence-electron chi connectivity index (χ1n) is 3.33. The van der Waals surface area contributed by atoms with Crippen LogP contribution >= 0.6 is 0 Å². The van der Waals surface area contributed by atoms with Crippen LogP contribution in [0.2, 0.25) is 0 Å². The maximum atomic E-state index is 10.6. The predicted molar refractivity (Wildman–Crippen MR) is 34.3 cm³/mol. The Kier molecular flexibility index (Phi) is 1.80. The van der Waals surface area contributed by atoms with Gasteiger partial charge in [-0.3, -0.25) is 5.32 Å². The molecule has 0 unspecified atom stereocenters. The topological polar surface area (TPSA) is 58.6 Å². The minimum Gasteiger partial charge on any atom is -0.450 e. The van der Waals surface area contributed by atoms with Crippen molar-refractivity contribution in [1.29, 1.82) is 0 Å². The summed E-state index contributed by atoms with van der Waals surface area (Å²) in [5, 5.41) is 11.4. The Hall–Kier alpha value is -0.770. The van der Waals surface area contributed by atoms with E-state index in [2.05, 4.69) is 10.1 Å². The largest absolute Gasteiger partial charge is 0.450 e. The number of hydrogen-bond donors (Lipinski definition) is 2. The van der Waals surface area contributed by atoms with Gasteiger partial charge in [-0.15, -0.1) is 0 Å². The fourth-order valence-corrected chi connectivity index (χ4v) is 0.601. The highest BCUT2D eigenvalue weighted by Gasteiger charge is 2.42. The molecule has 0 aromatic heterocycles. The second kappa shape index (κ2) is 2.46. The van der Waals surface area contributed by atoms with Crippen LogP contribution in [0.1, 0.15) is 19.8 Å². The molecule has 1 fully saturated rings. The predicted octanol–water partition coefficient (Wildman–Crippen LogP) is 0.215. The van der Waals surface area contributed by atoms with Crippen molar-refractivity contribution in [3.63, 3.8) is 0 Å². The Balaban J connectivity index is 2.18. The Morgan fingerprint density at radius 2 is 2.40 bits per heavy atom. The van der Waals surface area contributed by atoms with Crippen molar-refractivity contribution in [3.8, 4) is 0 Å². The molecule has 1 rings (SSSR count). The standard InChI is InChI=1S/C6H11NO3/c1-2-10-5(8)7-6(9)3-4-6/h9H,2-4H2,1H3,(H,7,8). The summed E-state index contributed by atoms with van der Waals surface area (Å²) in [5.74, 6) is 0. The number of amides is 1. The van der Waals surface area contributed by atoms with Gasteiger partial charge >= 0.3 is 6.09 Å². The molecule has 1 amide bonds. The Morgan fingerprint density at radius 1 is 1.80 bits per heavy atom. The van der Waals surface area contributed by atoms with E-state index in [1.807, 2.05) is 0 Å². The van der Waals surface area contributed by atoms with E-state index in [-0.39, 0.29) is 0 Å². The van der Waals surface area contributed by atoms with Gasteiger partial charge in [0, 0.05) is 0 Å². The normalized spacial score (nSPS) is 19.8. The number of alkyl carbamates (subject to hydrolysis) is 1. The minimum absolute atomic E-state index is 0.335. The molecule has 1 aliphatic carbocycles. The fourth-order valence-electron chi connectivity index (χ4n) is 0.601. The molecule has 4 nitrogen and oxygen atoms in total. The van der Waals surface area contributed by atoms with Gasteiger partial charge in [-0.05, 0) is 19.8 Å². The van der Waals surface area contributed by atoms with Crippen LogP contribution in [0.15, 0.2) is 0 Å². The maximum absolute atomic E-state index is 10.6. The van der Waals surface area contributed by atoms with Crippen molar-refractivity contribution in [1.82, 2.24) is 5.32 Å². The number of nitrogens with one attached hydrogen (secondary N) is 1. The van der Waals surface area contributed by atoms with E-state index in [1.165, 1.54) is 0 Å². The molecule has 10 heavy (non-hydrogen) atoms. The van der Waals surface area contributed by atoms with Gasteiger partial charge in [-0.25, -0.2) is 4.79 Å². The van der Waals surface area contributed by atoms with Crippen LogP contribution in [0.4, 0.5) is 4.79 Å². The summed E-state index contributed by atoms with van der Waals surface area (Å²) < 4.78 is 4.55. The second-order valence-corrected chi connectivity index (χ2v) is 2.38. The summed E-state index contributed by atoms with van der Waals surface area (Å²) in [4.78, 5) is 10.6. The molecule has 1 aliphatic rings. The van der Waals surface area contributed by atoms with Crippen molar-refractivity contribution < 1.29 is 14.6 Å². The second-order valence-electron chi connectivity index (χ2n) is 2.38. The lowest BCUT2D eigenvalue weighted by Crippen LogP contribution is -2.36. The van der Waals surface area contributed by atoms with E-state index in [1.54, 1.807) is 6.92 Å². The highest BCUT2D eigenvalue weighted by atomic mass is 16.6. The number of aliphatic hydroxyl groups is 1. The Bertz CT molecular complexity index is 142. The molecule has 2 N–H and O–H groups in total. The van der Waals surface area contributed by atoms with Crippen molar-refractivity contribution in [2.75, 3.05) is 6.61 Å². The van der Waals surface area contributed by atoms with Crippen molar-refractivity contribution >= 4 is 6.09 Å². The zero-order valence-electron chi connectivity index (χ0n) is 5.89. The van der Waals surface area contributed by atoms with E-state index in [4.69, 9.17) is 5.11 Å². The van der Waals surface area contributed by atoms with Gasteiger partial charge in [-0.2, -0.15) is 0 Å². The molecule has 58 valence electrons. The average molecular weight is 145 g/mol. The van der Waals surface area contributed by atoms with E-state index < -0.39 is 11.8 Å². The van der Waals surface area contributed by atoms with E-state index in [0.29, 0.717) is 19.4 Å². The van der Waals surface area contributed by atoms with Crippen molar-refractivity contribution in [2.24, 2.45) is 0 Å². The molecule has 0 bridgehead atoms. The van der Waals surface area contributed by atoms with E-state index >= 15 is 0 Å². The number of carbonyl (C=O) groups excluding carboxylic acids is 1. The molecule has 0 aromatic carbocycles. The SMILES string of the molecule is CCOC(=O)NC1(O)CC1. The van der Waals surface area contributed by atoms with Crippen LogP contribution in [-0.4, -0.2) is 23.5 Å². The van der Waals surface area contributed by atoms with Crippen LogP contribution in [0.25, 0.3) is 0 Å². The van der Waals surface area contributed by atoms with Gasteiger partial charge in [0.2, 0.25) is 0 Å². The van der Waals surface area contributed by atoms with Crippen LogP contribution in [-0.2, 0) is 4.74 Å². The van der Waals surface area contributed by atoms with E-state index in [0.717, 1.165) is 0 Å². The highest BCUT2D eigenvalue weighted by Crippen LogP contribution is 2.31. The molecule has 0 spiro atoms.